The first-order valence-electron chi connectivity index (χ1n) is 5.68. The molecule has 2 aromatic rings. The van der Waals surface area contributed by atoms with Crippen LogP contribution < -0.4 is 10.6 Å². The Hall–Kier alpha value is -2.06. The van der Waals surface area contributed by atoms with Crippen LogP contribution in [0, 0.1) is 0 Å². The molecule has 1 aromatic heterocycles. The molecule has 1 aliphatic rings. The van der Waals surface area contributed by atoms with Gasteiger partial charge < -0.3 is 10.6 Å². The highest BCUT2D eigenvalue weighted by Crippen LogP contribution is 2.21. The Morgan fingerprint density at radius 2 is 2.21 bits per heavy atom. The molecule has 0 radical (unpaired) electrons. The number of fused-ring (bicyclic) bond motifs is 1. The highest BCUT2D eigenvalue weighted by atomic mass is 32.2. The van der Waals surface area contributed by atoms with Crippen molar-refractivity contribution < 1.29 is 13.0 Å². The summed E-state index contributed by atoms with van der Waals surface area (Å²) >= 11 is 0. The van der Waals surface area contributed by atoms with Crippen LogP contribution in [0.1, 0.15) is 0 Å². The molecule has 0 saturated heterocycles. The quantitative estimate of drug-likeness (QED) is 0.702. The number of aliphatic imine (C=N–C) groups is 1. The number of nitrogens with zero attached hydrogens (tertiary/aromatic N) is 2. The van der Waals surface area contributed by atoms with E-state index in [-0.39, 0.29) is 0 Å². The second kappa shape index (κ2) is 4.25. The maximum Gasteiger partial charge on any atom is 0.363 e. The van der Waals surface area contributed by atoms with Gasteiger partial charge in [0, 0.05) is 23.8 Å². The van der Waals surface area contributed by atoms with Crippen LogP contribution in [0.3, 0.4) is 0 Å². The molecular formula is C11H12N4O3S. The number of aromatic nitrogens is 1. The molecule has 100 valence electrons. The first-order chi connectivity index (χ1) is 9.04. The molecule has 2 heterocycles. The highest BCUT2D eigenvalue weighted by molar-refractivity contribution is 7.84. The van der Waals surface area contributed by atoms with Crippen molar-refractivity contribution in [1.82, 2.24) is 9.29 Å². The number of guanidine groups is 1. The lowest BCUT2D eigenvalue weighted by Gasteiger charge is -2.07. The summed E-state index contributed by atoms with van der Waals surface area (Å²) in [6.45, 7) is 1.50. The van der Waals surface area contributed by atoms with Gasteiger partial charge in [-0.2, -0.15) is 8.42 Å². The zero-order valence-corrected chi connectivity index (χ0v) is 10.7. The molecule has 0 atom stereocenters. The molecule has 0 fully saturated rings. The number of hydrogen-bond acceptors (Lipinski definition) is 5. The minimum Gasteiger partial charge on any atom is -0.354 e. The minimum atomic E-state index is -4.29. The molecule has 8 heteroatoms. The summed E-state index contributed by atoms with van der Waals surface area (Å²) in [5.41, 5.74) is 1.11. The van der Waals surface area contributed by atoms with Crippen LogP contribution in [-0.2, 0) is 10.3 Å². The van der Waals surface area contributed by atoms with Crippen molar-refractivity contribution in [1.29, 1.82) is 0 Å². The van der Waals surface area contributed by atoms with Crippen molar-refractivity contribution in [3.8, 4) is 0 Å². The molecule has 3 rings (SSSR count). The predicted molar refractivity (Wildman–Crippen MR) is 72.8 cm³/mol. The van der Waals surface area contributed by atoms with E-state index in [4.69, 9.17) is 4.55 Å². The van der Waals surface area contributed by atoms with Gasteiger partial charge in [0.2, 0.25) is 0 Å². The molecular weight excluding hydrogens is 268 g/mol. The Labute approximate surface area is 109 Å². The van der Waals surface area contributed by atoms with E-state index in [0.29, 0.717) is 23.7 Å². The maximum absolute atomic E-state index is 11.2. The van der Waals surface area contributed by atoms with Gasteiger partial charge in [-0.15, -0.1) is 0 Å². The molecule has 0 saturated carbocycles. The minimum absolute atomic E-state index is 0.408. The predicted octanol–water partition coefficient (Wildman–Crippen LogP) is 0.663. The standard InChI is InChI=1S/C11H12N4O3S/c16-19(17,18)15-6-3-8-1-2-9(7-10(8)15)14-11-12-4-5-13-11/h1-3,6-7H,4-5H2,(H2,12,13,14)(H,16,17,18). The van der Waals surface area contributed by atoms with Crippen molar-refractivity contribution in [3.63, 3.8) is 0 Å². The topological polar surface area (TPSA) is 95.7 Å². The zero-order chi connectivity index (χ0) is 13.5. The zero-order valence-electron chi connectivity index (χ0n) is 9.87. The fraction of sp³-hybridized carbons (Fsp3) is 0.182. The second-order valence-electron chi connectivity index (χ2n) is 4.15. The maximum atomic E-state index is 11.2. The van der Waals surface area contributed by atoms with Crippen LogP contribution in [0.2, 0.25) is 0 Å². The smallest absolute Gasteiger partial charge is 0.354 e. The Bertz CT molecular complexity index is 763. The van der Waals surface area contributed by atoms with E-state index in [1.165, 1.54) is 6.20 Å². The number of benzene rings is 1. The number of nitrogens with one attached hydrogen (secondary N) is 2. The molecule has 1 aliphatic heterocycles. The average molecular weight is 280 g/mol. The van der Waals surface area contributed by atoms with Crippen molar-refractivity contribution in [3.05, 3.63) is 30.5 Å². The monoisotopic (exact) mass is 280 g/mol. The van der Waals surface area contributed by atoms with Crippen molar-refractivity contribution in [2.24, 2.45) is 4.99 Å². The van der Waals surface area contributed by atoms with E-state index in [1.807, 2.05) is 6.07 Å². The van der Waals surface area contributed by atoms with Gasteiger partial charge in [-0.05, 0) is 18.2 Å². The van der Waals surface area contributed by atoms with Crippen molar-refractivity contribution >= 4 is 32.9 Å². The highest BCUT2D eigenvalue weighted by Gasteiger charge is 2.12. The van der Waals surface area contributed by atoms with E-state index in [9.17, 15) is 8.42 Å². The summed E-state index contributed by atoms with van der Waals surface area (Å²) < 4.78 is 32.4. The normalized spacial score (nSPS) is 15.3. The molecule has 0 spiro atoms. The molecule has 1 aromatic carbocycles. The van der Waals surface area contributed by atoms with Crippen LogP contribution in [0.5, 0.6) is 0 Å². The van der Waals surface area contributed by atoms with Gasteiger partial charge in [0.25, 0.3) is 0 Å². The molecule has 19 heavy (non-hydrogen) atoms. The van der Waals surface area contributed by atoms with Gasteiger partial charge in [0.15, 0.2) is 5.96 Å². The van der Waals surface area contributed by atoms with E-state index in [0.717, 1.165) is 15.9 Å². The van der Waals surface area contributed by atoms with E-state index in [1.54, 1.807) is 18.2 Å². The molecule has 0 unspecified atom stereocenters. The van der Waals surface area contributed by atoms with Crippen LogP contribution in [0.4, 0.5) is 5.69 Å². The Balaban J connectivity index is 2.04. The largest absolute Gasteiger partial charge is 0.363 e. The number of hydrogen-bond donors (Lipinski definition) is 3. The lowest BCUT2D eigenvalue weighted by molar-refractivity contribution is 0.474. The summed E-state index contributed by atoms with van der Waals surface area (Å²) in [4.78, 5) is 4.19. The third-order valence-electron chi connectivity index (χ3n) is 2.84. The van der Waals surface area contributed by atoms with Gasteiger partial charge in [-0.1, -0.05) is 6.07 Å². The summed E-state index contributed by atoms with van der Waals surface area (Å²) in [6, 6.07) is 6.86. The molecule has 0 aliphatic carbocycles. The summed E-state index contributed by atoms with van der Waals surface area (Å²) in [5.74, 6) is 0.657. The fourth-order valence-corrected chi connectivity index (χ4v) is 2.62. The van der Waals surface area contributed by atoms with E-state index in [2.05, 4.69) is 15.6 Å². The van der Waals surface area contributed by atoms with Gasteiger partial charge in [-0.3, -0.25) is 9.55 Å². The van der Waals surface area contributed by atoms with Crippen LogP contribution in [-0.4, -0.2) is 36.0 Å². The summed E-state index contributed by atoms with van der Waals surface area (Å²) in [5, 5.41) is 6.83. The van der Waals surface area contributed by atoms with E-state index >= 15 is 0 Å². The van der Waals surface area contributed by atoms with Crippen molar-refractivity contribution in [2.45, 2.75) is 0 Å². The summed E-state index contributed by atoms with van der Waals surface area (Å²) in [6.07, 6.45) is 1.31. The lowest BCUT2D eigenvalue weighted by Crippen LogP contribution is -2.26. The Morgan fingerprint density at radius 3 is 2.89 bits per heavy atom. The average Bonchev–Trinajstić information content (AvgIpc) is 2.95. The Kier molecular flexibility index (Phi) is 2.68. The summed E-state index contributed by atoms with van der Waals surface area (Å²) in [7, 11) is -4.29. The second-order valence-corrected chi connectivity index (χ2v) is 5.43. The first-order valence-corrected chi connectivity index (χ1v) is 7.08. The first kappa shape index (κ1) is 12.0. The molecule has 0 amide bonds. The van der Waals surface area contributed by atoms with E-state index < -0.39 is 10.3 Å². The van der Waals surface area contributed by atoms with Gasteiger partial charge in [0.1, 0.15) is 0 Å². The molecule has 7 nitrogen and oxygen atoms in total. The van der Waals surface area contributed by atoms with Gasteiger partial charge in [0.05, 0.1) is 12.1 Å². The third-order valence-corrected chi connectivity index (χ3v) is 3.66. The van der Waals surface area contributed by atoms with Gasteiger partial charge >= 0.3 is 10.3 Å². The van der Waals surface area contributed by atoms with Crippen LogP contribution in [0.25, 0.3) is 10.9 Å². The van der Waals surface area contributed by atoms with Gasteiger partial charge in [-0.25, -0.2) is 3.97 Å². The Morgan fingerprint density at radius 1 is 1.37 bits per heavy atom. The number of anilines is 1. The fourth-order valence-electron chi connectivity index (χ4n) is 2.00. The van der Waals surface area contributed by atoms with Crippen LogP contribution in [0.15, 0.2) is 35.5 Å². The lowest BCUT2D eigenvalue weighted by atomic mass is 10.2. The molecule has 3 N–H and O–H groups in total. The van der Waals surface area contributed by atoms with Crippen molar-refractivity contribution in [2.75, 3.05) is 18.4 Å². The van der Waals surface area contributed by atoms with Crippen LogP contribution >= 0.6 is 0 Å². The molecule has 0 bridgehead atoms. The third kappa shape index (κ3) is 2.27. The SMILES string of the molecule is O=S(=O)(O)n1ccc2ccc(NC3=NCCN3)cc21. The number of rotatable bonds is 2.